The first-order valence-corrected chi connectivity index (χ1v) is 7.56. The molecule has 98 valence electrons. The summed E-state index contributed by atoms with van der Waals surface area (Å²) in [4.78, 5) is 2.58. The van der Waals surface area contributed by atoms with E-state index >= 15 is 0 Å². The first-order valence-electron chi connectivity index (χ1n) is 7.56. The van der Waals surface area contributed by atoms with Crippen molar-refractivity contribution in [3.05, 3.63) is 0 Å². The number of rotatable bonds is 2. The van der Waals surface area contributed by atoms with Crippen LogP contribution in [0.25, 0.3) is 0 Å². The molecule has 4 atom stereocenters. The van der Waals surface area contributed by atoms with Crippen LogP contribution >= 0.6 is 0 Å². The summed E-state index contributed by atoms with van der Waals surface area (Å²) in [7, 11) is 0. The van der Waals surface area contributed by atoms with Crippen LogP contribution in [-0.4, -0.2) is 34.2 Å². The minimum absolute atomic E-state index is 0.364. The molecule has 0 spiro atoms. The minimum Gasteiger partial charge on any atom is -0.388 e. The average Bonchev–Trinajstić information content (AvgIpc) is 3.06. The summed E-state index contributed by atoms with van der Waals surface area (Å²) in [5.41, 5.74) is -0.364. The van der Waals surface area contributed by atoms with Crippen molar-refractivity contribution in [1.29, 1.82) is 0 Å². The van der Waals surface area contributed by atoms with E-state index in [1.165, 1.54) is 38.5 Å². The first-order chi connectivity index (χ1) is 8.08. The van der Waals surface area contributed by atoms with Crippen LogP contribution in [0.5, 0.6) is 0 Å². The molecule has 1 N–H and O–H groups in total. The molecular formula is C15H27NO. The zero-order chi connectivity index (χ0) is 12.0. The van der Waals surface area contributed by atoms with E-state index < -0.39 is 0 Å². The van der Waals surface area contributed by atoms with Gasteiger partial charge in [-0.2, -0.15) is 0 Å². The Morgan fingerprint density at radius 3 is 2.53 bits per heavy atom. The van der Waals surface area contributed by atoms with Gasteiger partial charge in [-0.1, -0.05) is 19.8 Å². The van der Waals surface area contributed by atoms with Gasteiger partial charge in [-0.05, 0) is 50.9 Å². The molecule has 0 amide bonds. The summed E-state index contributed by atoms with van der Waals surface area (Å²) >= 11 is 0. The fraction of sp³-hybridized carbons (Fsp3) is 1.00. The zero-order valence-corrected chi connectivity index (χ0v) is 11.4. The maximum Gasteiger partial charge on any atom is 0.0817 e. The second-order valence-corrected chi connectivity index (χ2v) is 7.03. The highest BCUT2D eigenvalue weighted by Crippen LogP contribution is 2.45. The van der Waals surface area contributed by atoms with E-state index in [2.05, 4.69) is 18.7 Å². The van der Waals surface area contributed by atoms with Gasteiger partial charge in [0.2, 0.25) is 0 Å². The number of aliphatic hydroxyl groups is 1. The summed E-state index contributed by atoms with van der Waals surface area (Å²) < 4.78 is 0. The molecule has 1 heterocycles. The van der Waals surface area contributed by atoms with Crippen molar-refractivity contribution in [1.82, 2.24) is 4.90 Å². The highest BCUT2D eigenvalue weighted by Gasteiger charge is 2.50. The molecule has 0 bridgehead atoms. The molecule has 2 heteroatoms. The van der Waals surface area contributed by atoms with Crippen LogP contribution in [0.2, 0.25) is 0 Å². The molecule has 2 saturated carbocycles. The summed E-state index contributed by atoms with van der Waals surface area (Å²) in [5, 5.41) is 11.0. The summed E-state index contributed by atoms with van der Waals surface area (Å²) in [6.45, 7) is 5.62. The van der Waals surface area contributed by atoms with Crippen LogP contribution < -0.4 is 0 Å². The van der Waals surface area contributed by atoms with Crippen LogP contribution in [0.15, 0.2) is 0 Å². The molecule has 0 aromatic heterocycles. The minimum atomic E-state index is -0.364. The van der Waals surface area contributed by atoms with Gasteiger partial charge < -0.3 is 5.11 Å². The van der Waals surface area contributed by atoms with E-state index in [9.17, 15) is 5.11 Å². The lowest BCUT2D eigenvalue weighted by molar-refractivity contribution is -0.0316. The molecule has 2 aliphatic carbocycles. The van der Waals surface area contributed by atoms with Crippen molar-refractivity contribution in [2.75, 3.05) is 6.54 Å². The Labute approximate surface area is 105 Å². The first kappa shape index (κ1) is 12.0. The second kappa shape index (κ2) is 4.24. The van der Waals surface area contributed by atoms with Gasteiger partial charge in [0.1, 0.15) is 0 Å². The SMILES string of the molecule is CC1CCCC(C2(O)CC(C)N(C3CC3)C2)C1. The number of likely N-dealkylation sites (tertiary alicyclic amines) is 1. The predicted octanol–water partition coefficient (Wildman–Crippen LogP) is 2.80. The molecule has 2 nitrogen and oxygen atoms in total. The Bertz CT molecular complexity index is 289. The van der Waals surface area contributed by atoms with E-state index in [0.717, 1.165) is 24.9 Å². The van der Waals surface area contributed by atoms with Crippen LogP contribution in [0, 0.1) is 11.8 Å². The average molecular weight is 237 g/mol. The van der Waals surface area contributed by atoms with E-state index in [-0.39, 0.29) is 5.60 Å². The standard InChI is InChI=1S/C15H27NO/c1-11-4-3-5-13(8-11)15(17)9-12(2)16(10-15)14-6-7-14/h11-14,17H,3-10H2,1-2H3. The van der Waals surface area contributed by atoms with Crippen molar-refractivity contribution in [2.24, 2.45) is 11.8 Å². The number of nitrogens with zero attached hydrogens (tertiary/aromatic N) is 1. The fourth-order valence-electron chi connectivity index (χ4n) is 4.28. The molecule has 4 unspecified atom stereocenters. The van der Waals surface area contributed by atoms with E-state index in [1.54, 1.807) is 0 Å². The maximum absolute atomic E-state index is 11.0. The summed E-state index contributed by atoms with van der Waals surface area (Å²) in [6, 6.07) is 1.41. The van der Waals surface area contributed by atoms with Gasteiger partial charge >= 0.3 is 0 Å². The molecule has 1 saturated heterocycles. The van der Waals surface area contributed by atoms with Gasteiger partial charge in [0.05, 0.1) is 5.60 Å². The monoisotopic (exact) mass is 237 g/mol. The Morgan fingerprint density at radius 1 is 1.12 bits per heavy atom. The molecule has 0 aromatic carbocycles. The van der Waals surface area contributed by atoms with E-state index in [0.29, 0.717) is 12.0 Å². The largest absolute Gasteiger partial charge is 0.388 e. The molecule has 1 aliphatic heterocycles. The lowest BCUT2D eigenvalue weighted by Crippen LogP contribution is -2.43. The van der Waals surface area contributed by atoms with Gasteiger partial charge in [0.25, 0.3) is 0 Å². The predicted molar refractivity (Wildman–Crippen MR) is 69.9 cm³/mol. The molecule has 17 heavy (non-hydrogen) atoms. The molecule has 0 aromatic rings. The number of hydrogen-bond donors (Lipinski definition) is 1. The molecule has 3 aliphatic rings. The van der Waals surface area contributed by atoms with Crippen molar-refractivity contribution in [2.45, 2.75) is 76.5 Å². The summed E-state index contributed by atoms with van der Waals surface area (Å²) in [5.74, 6) is 1.39. The Kier molecular flexibility index (Phi) is 2.99. The Balaban J connectivity index is 1.68. The lowest BCUT2D eigenvalue weighted by atomic mass is 9.72. The zero-order valence-electron chi connectivity index (χ0n) is 11.4. The second-order valence-electron chi connectivity index (χ2n) is 7.03. The highest BCUT2D eigenvalue weighted by atomic mass is 16.3. The van der Waals surface area contributed by atoms with Crippen LogP contribution in [0.3, 0.4) is 0 Å². The third-order valence-electron chi connectivity index (χ3n) is 5.38. The number of hydrogen-bond acceptors (Lipinski definition) is 2. The van der Waals surface area contributed by atoms with Crippen LogP contribution in [-0.2, 0) is 0 Å². The van der Waals surface area contributed by atoms with Gasteiger partial charge in [-0.25, -0.2) is 0 Å². The van der Waals surface area contributed by atoms with Crippen molar-refractivity contribution in [3.63, 3.8) is 0 Å². The lowest BCUT2D eigenvalue weighted by Gasteiger charge is -2.38. The quantitative estimate of drug-likeness (QED) is 0.798. The number of β-amino-alcohol motifs (C(OH)–C–C–N with tert-alkyl or cyclic N) is 1. The van der Waals surface area contributed by atoms with E-state index in [4.69, 9.17) is 0 Å². The van der Waals surface area contributed by atoms with Crippen molar-refractivity contribution in [3.8, 4) is 0 Å². The van der Waals surface area contributed by atoms with Crippen molar-refractivity contribution < 1.29 is 5.11 Å². The smallest absolute Gasteiger partial charge is 0.0817 e. The van der Waals surface area contributed by atoms with Crippen LogP contribution in [0.1, 0.15) is 58.8 Å². The van der Waals surface area contributed by atoms with E-state index in [1.807, 2.05) is 0 Å². The topological polar surface area (TPSA) is 23.5 Å². The Hall–Kier alpha value is -0.0800. The van der Waals surface area contributed by atoms with Gasteiger partial charge in [0, 0.05) is 18.6 Å². The maximum atomic E-state index is 11.0. The van der Waals surface area contributed by atoms with Crippen LogP contribution in [0.4, 0.5) is 0 Å². The molecular weight excluding hydrogens is 210 g/mol. The van der Waals surface area contributed by atoms with Crippen molar-refractivity contribution >= 4 is 0 Å². The van der Waals surface area contributed by atoms with Gasteiger partial charge in [-0.3, -0.25) is 4.90 Å². The Morgan fingerprint density at radius 2 is 1.88 bits per heavy atom. The fourth-order valence-corrected chi connectivity index (χ4v) is 4.28. The molecule has 3 rings (SSSR count). The third kappa shape index (κ3) is 2.26. The van der Waals surface area contributed by atoms with Gasteiger partial charge in [-0.15, -0.1) is 0 Å². The normalized spacial score (nSPS) is 48.5. The summed E-state index contributed by atoms with van der Waals surface area (Å²) in [6.07, 6.45) is 8.94. The third-order valence-corrected chi connectivity index (χ3v) is 5.38. The molecule has 3 fully saturated rings. The molecule has 0 radical (unpaired) electrons. The van der Waals surface area contributed by atoms with Gasteiger partial charge in [0.15, 0.2) is 0 Å². The highest BCUT2D eigenvalue weighted by molar-refractivity contribution is 5.04.